The average Bonchev–Trinajstić information content (AvgIpc) is 2.22. The van der Waals surface area contributed by atoms with Gasteiger partial charge in [-0.05, 0) is 43.5 Å². The van der Waals surface area contributed by atoms with Crippen molar-refractivity contribution in [2.75, 3.05) is 0 Å². The molecule has 0 unspecified atom stereocenters. The van der Waals surface area contributed by atoms with Crippen LogP contribution in [-0.2, 0) is 6.42 Å². The zero-order valence-electron chi connectivity index (χ0n) is 9.56. The second kappa shape index (κ2) is 4.46. The number of benzene rings is 1. The van der Waals surface area contributed by atoms with E-state index in [-0.39, 0.29) is 0 Å². The molecule has 16 heavy (non-hydrogen) atoms. The van der Waals surface area contributed by atoms with E-state index in [0.717, 1.165) is 20.9 Å². The lowest BCUT2D eigenvalue weighted by atomic mass is 10.0. The molecule has 0 bridgehead atoms. The molecular formula is C13H13Br2N. The van der Waals surface area contributed by atoms with Crippen molar-refractivity contribution in [3.05, 3.63) is 37.9 Å². The Morgan fingerprint density at radius 2 is 1.81 bits per heavy atom. The first-order valence-corrected chi connectivity index (χ1v) is 6.88. The van der Waals surface area contributed by atoms with Gasteiger partial charge in [-0.15, -0.1) is 0 Å². The minimum atomic E-state index is 0.979. The second-order valence-corrected chi connectivity index (χ2v) is 5.71. The fourth-order valence-electron chi connectivity index (χ4n) is 2.00. The van der Waals surface area contributed by atoms with E-state index in [9.17, 15) is 0 Å². The third-order valence-corrected chi connectivity index (χ3v) is 4.08. The monoisotopic (exact) mass is 341 g/mol. The molecule has 1 heterocycles. The summed E-state index contributed by atoms with van der Waals surface area (Å²) in [5.74, 6) is 0. The average molecular weight is 343 g/mol. The summed E-state index contributed by atoms with van der Waals surface area (Å²) in [5, 5.41) is 1.22. The molecule has 0 saturated heterocycles. The van der Waals surface area contributed by atoms with Crippen LogP contribution in [0.5, 0.6) is 0 Å². The number of hydrogen-bond acceptors (Lipinski definition) is 1. The van der Waals surface area contributed by atoms with Crippen LogP contribution in [0.2, 0.25) is 0 Å². The summed E-state index contributed by atoms with van der Waals surface area (Å²) in [6.07, 6.45) is 0.979. The highest BCUT2D eigenvalue weighted by atomic mass is 79.9. The lowest BCUT2D eigenvalue weighted by Gasteiger charge is -2.12. The van der Waals surface area contributed by atoms with Crippen molar-refractivity contribution in [2.45, 2.75) is 27.2 Å². The molecule has 0 amide bonds. The molecule has 0 fully saturated rings. The van der Waals surface area contributed by atoms with E-state index < -0.39 is 0 Å². The predicted molar refractivity (Wildman–Crippen MR) is 76.0 cm³/mol. The Hall–Kier alpha value is -0.410. The first-order valence-electron chi connectivity index (χ1n) is 5.29. The molecule has 84 valence electrons. The largest absolute Gasteiger partial charge is 0.252 e. The molecule has 0 aliphatic carbocycles. The molecule has 3 heteroatoms. The topological polar surface area (TPSA) is 12.9 Å². The fraction of sp³-hybridized carbons (Fsp3) is 0.308. The molecule has 2 aromatic rings. The Morgan fingerprint density at radius 1 is 1.12 bits per heavy atom. The molecule has 0 aliphatic heterocycles. The van der Waals surface area contributed by atoms with Gasteiger partial charge in [-0.2, -0.15) is 0 Å². The molecule has 0 N–H and O–H groups in total. The van der Waals surface area contributed by atoms with Gasteiger partial charge in [-0.25, -0.2) is 0 Å². The Labute approximate surface area is 113 Å². The van der Waals surface area contributed by atoms with E-state index in [4.69, 9.17) is 4.98 Å². The Kier molecular flexibility index (Phi) is 3.36. The number of halogens is 2. The van der Waals surface area contributed by atoms with Gasteiger partial charge in [0.25, 0.3) is 0 Å². The smallest absolute Gasteiger partial charge is 0.0730 e. The minimum Gasteiger partial charge on any atom is -0.252 e. The molecule has 0 saturated carbocycles. The predicted octanol–water partition coefficient (Wildman–Crippen LogP) is 4.94. The van der Waals surface area contributed by atoms with Crippen molar-refractivity contribution in [3.63, 3.8) is 0 Å². The van der Waals surface area contributed by atoms with Gasteiger partial charge in [0.2, 0.25) is 0 Å². The Balaban J connectivity index is 2.92. The number of aryl methyl sites for hydroxylation is 2. The van der Waals surface area contributed by atoms with Gasteiger partial charge >= 0.3 is 0 Å². The van der Waals surface area contributed by atoms with Gasteiger partial charge < -0.3 is 0 Å². The van der Waals surface area contributed by atoms with Gasteiger partial charge in [0.15, 0.2) is 0 Å². The van der Waals surface area contributed by atoms with Crippen LogP contribution < -0.4 is 0 Å². The zero-order chi connectivity index (χ0) is 11.9. The van der Waals surface area contributed by atoms with Crippen molar-refractivity contribution in [1.82, 2.24) is 4.98 Å². The first-order chi connectivity index (χ1) is 7.54. The normalized spacial score (nSPS) is 11.1. The maximum Gasteiger partial charge on any atom is 0.0730 e. The second-order valence-electron chi connectivity index (χ2n) is 3.94. The van der Waals surface area contributed by atoms with Crippen LogP contribution in [0, 0.1) is 13.8 Å². The van der Waals surface area contributed by atoms with E-state index in [1.807, 2.05) is 0 Å². The van der Waals surface area contributed by atoms with Crippen molar-refractivity contribution in [1.29, 1.82) is 0 Å². The van der Waals surface area contributed by atoms with E-state index in [1.165, 1.54) is 22.2 Å². The zero-order valence-corrected chi connectivity index (χ0v) is 12.7. The molecule has 0 atom stereocenters. The van der Waals surface area contributed by atoms with E-state index in [0.29, 0.717) is 0 Å². The van der Waals surface area contributed by atoms with Crippen molar-refractivity contribution >= 4 is 42.8 Å². The number of aromatic nitrogens is 1. The van der Waals surface area contributed by atoms with Gasteiger partial charge in [0, 0.05) is 20.0 Å². The maximum absolute atomic E-state index is 4.72. The summed E-state index contributed by atoms with van der Waals surface area (Å²) in [6, 6.07) is 4.15. The molecule has 2 rings (SSSR count). The van der Waals surface area contributed by atoms with Crippen LogP contribution in [0.15, 0.2) is 21.1 Å². The van der Waals surface area contributed by atoms with Crippen LogP contribution in [0.3, 0.4) is 0 Å². The van der Waals surface area contributed by atoms with Crippen molar-refractivity contribution in [3.8, 4) is 0 Å². The summed E-state index contributed by atoms with van der Waals surface area (Å²) < 4.78 is 2.16. The fourth-order valence-corrected chi connectivity index (χ4v) is 3.50. The van der Waals surface area contributed by atoms with Gasteiger partial charge in [0.05, 0.1) is 5.52 Å². The lowest BCUT2D eigenvalue weighted by molar-refractivity contribution is 1.02. The molecule has 1 nitrogen and oxygen atoms in total. The number of fused-ring (bicyclic) bond motifs is 1. The van der Waals surface area contributed by atoms with Crippen LogP contribution in [0.4, 0.5) is 0 Å². The summed E-state index contributed by atoms with van der Waals surface area (Å²) in [5.41, 5.74) is 4.87. The molecule has 1 aromatic heterocycles. The summed E-state index contributed by atoms with van der Waals surface area (Å²) in [4.78, 5) is 4.72. The lowest BCUT2D eigenvalue weighted by Crippen LogP contribution is -1.97. The van der Waals surface area contributed by atoms with E-state index >= 15 is 0 Å². The van der Waals surface area contributed by atoms with Crippen LogP contribution >= 0.6 is 31.9 Å². The number of hydrogen-bond donors (Lipinski definition) is 0. The highest BCUT2D eigenvalue weighted by molar-refractivity contribution is 9.11. The Bertz CT molecular complexity index is 562. The number of nitrogens with zero attached hydrogens (tertiary/aromatic N) is 1. The summed E-state index contributed by atoms with van der Waals surface area (Å²) in [7, 11) is 0. The summed E-state index contributed by atoms with van der Waals surface area (Å²) >= 11 is 7.11. The minimum absolute atomic E-state index is 0.979. The SMILES string of the molecule is CCc1nc2cc(Br)cc(Br)c2c(C)c1C. The van der Waals surface area contributed by atoms with E-state index in [1.54, 1.807) is 0 Å². The third kappa shape index (κ3) is 1.91. The summed E-state index contributed by atoms with van der Waals surface area (Å²) in [6.45, 7) is 6.46. The quantitative estimate of drug-likeness (QED) is 0.715. The van der Waals surface area contributed by atoms with Crippen molar-refractivity contribution in [2.24, 2.45) is 0 Å². The molecule has 0 aliphatic rings. The maximum atomic E-state index is 4.72. The number of rotatable bonds is 1. The first kappa shape index (κ1) is 12.1. The standard InChI is InChI=1S/C13H13Br2N/c1-4-11-7(2)8(3)13-10(15)5-9(14)6-12(13)16-11/h5-6H,4H2,1-3H3. The molecule has 0 spiro atoms. The third-order valence-electron chi connectivity index (χ3n) is 2.99. The van der Waals surface area contributed by atoms with Gasteiger partial charge in [-0.1, -0.05) is 38.8 Å². The van der Waals surface area contributed by atoms with Crippen molar-refractivity contribution < 1.29 is 0 Å². The highest BCUT2D eigenvalue weighted by Gasteiger charge is 2.10. The van der Waals surface area contributed by atoms with E-state index in [2.05, 4.69) is 64.8 Å². The highest BCUT2D eigenvalue weighted by Crippen LogP contribution is 2.32. The van der Waals surface area contributed by atoms with Gasteiger partial charge in [0.1, 0.15) is 0 Å². The molecular weight excluding hydrogens is 330 g/mol. The number of pyridine rings is 1. The molecule has 0 radical (unpaired) electrons. The Morgan fingerprint density at radius 3 is 2.44 bits per heavy atom. The van der Waals surface area contributed by atoms with Crippen LogP contribution in [-0.4, -0.2) is 4.98 Å². The van der Waals surface area contributed by atoms with Gasteiger partial charge in [-0.3, -0.25) is 4.98 Å². The molecule has 1 aromatic carbocycles. The van der Waals surface area contributed by atoms with Crippen LogP contribution in [0.1, 0.15) is 23.7 Å². The van der Waals surface area contributed by atoms with Crippen LogP contribution in [0.25, 0.3) is 10.9 Å².